The van der Waals surface area contributed by atoms with Crippen LogP contribution < -0.4 is 10.6 Å². The van der Waals surface area contributed by atoms with Crippen molar-refractivity contribution in [3.63, 3.8) is 0 Å². The average Bonchev–Trinajstić information content (AvgIpc) is 3.39. The van der Waals surface area contributed by atoms with Crippen molar-refractivity contribution in [2.24, 2.45) is 5.92 Å². The molecule has 0 radical (unpaired) electrons. The summed E-state index contributed by atoms with van der Waals surface area (Å²) in [5.74, 6) is 0.781. The lowest BCUT2D eigenvalue weighted by atomic mass is 9.89. The number of hydrogen-bond acceptors (Lipinski definition) is 6. The van der Waals surface area contributed by atoms with E-state index < -0.39 is 0 Å². The molecule has 0 spiro atoms. The Morgan fingerprint density at radius 1 is 1.11 bits per heavy atom. The van der Waals surface area contributed by atoms with Crippen molar-refractivity contribution < 1.29 is 0 Å². The minimum absolute atomic E-state index is 0.655. The Hall–Kier alpha value is -0.820. The van der Waals surface area contributed by atoms with Gasteiger partial charge >= 0.3 is 0 Å². The van der Waals surface area contributed by atoms with Gasteiger partial charge in [0.25, 0.3) is 0 Å². The largest absolute Gasteiger partial charge is 0.375 e. The summed E-state index contributed by atoms with van der Waals surface area (Å²) in [4.78, 5) is 11.2. The molecule has 2 atom stereocenters. The second-order valence-corrected chi connectivity index (χ2v) is 10.6. The molecule has 3 aliphatic rings. The monoisotopic (exact) mass is 422 g/mol. The number of halogens is 1. The molecule has 4 nitrogen and oxygen atoms in total. The van der Waals surface area contributed by atoms with E-state index in [1.54, 1.807) is 22.7 Å². The van der Waals surface area contributed by atoms with Gasteiger partial charge < -0.3 is 10.6 Å². The number of fused-ring (bicyclic) bond motifs is 1. The zero-order chi connectivity index (χ0) is 18.4. The Kier molecular flexibility index (Phi) is 5.09. The third-order valence-electron chi connectivity index (χ3n) is 6.64. The van der Waals surface area contributed by atoms with Gasteiger partial charge in [0, 0.05) is 30.6 Å². The van der Waals surface area contributed by atoms with Crippen LogP contribution in [-0.4, -0.2) is 41.6 Å². The van der Waals surface area contributed by atoms with E-state index in [1.165, 1.54) is 56.5 Å². The van der Waals surface area contributed by atoms with Gasteiger partial charge in [-0.2, -0.15) is 0 Å². The van der Waals surface area contributed by atoms with E-state index in [1.807, 2.05) is 11.4 Å². The number of piperidine rings is 1. The number of thiophene rings is 1. The molecule has 4 heterocycles. The number of nitrogen functional groups attached to an aromatic ring is 1. The average molecular weight is 423 g/mol. The zero-order valence-electron chi connectivity index (χ0n) is 15.6. The highest BCUT2D eigenvalue weighted by atomic mass is 35.5. The number of nitrogens with zero attached hydrogens (tertiary/aromatic N) is 3. The Morgan fingerprint density at radius 3 is 2.74 bits per heavy atom. The van der Waals surface area contributed by atoms with Crippen LogP contribution in [-0.2, 0) is 0 Å². The first-order valence-corrected chi connectivity index (χ1v) is 12.3. The molecule has 7 heteroatoms. The van der Waals surface area contributed by atoms with Crippen LogP contribution in [0.25, 0.3) is 10.6 Å². The first-order chi connectivity index (χ1) is 13.2. The molecule has 27 heavy (non-hydrogen) atoms. The molecule has 0 amide bonds. The molecular formula is C20H27ClN4S2. The number of likely N-dealkylation sites (tertiary alicyclic amines) is 1. The van der Waals surface area contributed by atoms with Crippen LogP contribution in [0.3, 0.4) is 0 Å². The van der Waals surface area contributed by atoms with Gasteiger partial charge in [0.2, 0.25) is 0 Å². The van der Waals surface area contributed by atoms with Crippen LogP contribution in [0.2, 0.25) is 5.02 Å². The maximum Gasteiger partial charge on any atom is 0.182 e. The fraction of sp³-hybridized carbons (Fsp3) is 0.650. The number of nitrogens with two attached hydrogens (primary N) is 1. The van der Waals surface area contributed by atoms with Gasteiger partial charge in [0.05, 0.1) is 9.90 Å². The maximum absolute atomic E-state index is 6.15. The Labute approximate surface area is 174 Å². The van der Waals surface area contributed by atoms with E-state index in [2.05, 4.69) is 14.8 Å². The zero-order valence-corrected chi connectivity index (χ0v) is 18.0. The van der Waals surface area contributed by atoms with Gasteiger partial charge in [0.1, 0.15) is 10.7 Å². The van der Waals surface area contributed by atoms with E-state index in [-0.39, 0.29) is 0 Å². The van der Waals surface area contributed by atoms with Gasteiger partial charge in [-0.15, -0.1) is 11.3 Å². The minimum atomic E-state index is 0.655. The second kappa shape index (κ2) is 7.54. The number of hydrogen-bond donors (Lipinski definition) is 1. The van der Waals surface area contributed by atoms with Crippen molar-refractivity contribution in [2.75, 3.05) is 30.3 Å². The fourth-order valence-electron chi connectivity index (χ4n) is 5.41. The molecule has 2 aromatic rings. The van der Waals surface area contributed by atoms with Crippen LogP contribution in [0.1, 0.15) is 44.9 Å². The van der Waals surface area contributed by atoms with Crippen LogP contribution in [0.15, 0.2) is 11.4 Å². The fourth-order valence-corrected chi connectivity index (χ4v) is 7.42. The molecule has 2 N–H and O–H groups in total. The third-order valence-corrected chi connectivity index (χ3v) is 8.87. The highest BCUT2D eigenvalue weighted by molar-refractivity contribution is 7.20. The smallest absolute Gasteiger partial charge is 0.182 e. The summed E-state index contributed by atoms with van der Waals surface area (Å²) in [5.41, 5.74) is 7.12. The molecule has 5 rings (SSSR count). The minimum Gasteiger partial charge on any atom is -0.375 e. The van der Waals surface area contributed by atoms with E-state index in [0.717, 1.165) is 46.7 Å². The third kappa shape index (κ3) is 3.50. The summed E-state index contributed by atoms with van der Waals surface area (Å²) in [7, 11) is 0. The highest BCUT2D eigenvalue weighted by Crippen LogP contribution is 2.44. The first kappa shape index (κ1) is 18.2. The van der Waals surface area contributed by atoms with Crippen molar-refractivity contribution in [1.82, 2.24) is 9.88 Å². The summed E-state index contributed by atoms with van der Waals surface area (Å²) >= 11 is 9.44. The second-order valence-electron chi connectivity index (χ2n) is 8.22. The van der Waals surface area contributed by atoms with Crippen molar-refractivity contribution in [3.05, 3.63) is 16.5 Å². The van der Waals surface area contributed by atoms with Crippen molar-refractivity contribution in [1.29, 1.82) is 0 Å². The number of aromatic nitrogens is 1. The summed E-state index contributed by atoms with van der Waals surface area (Å²) in [5, 5.41) is 4.65. The summed E-state index contributed by atoms with van der Waals surface area (Å²) in [6.45, 7) is 3.55. The van der Waals surface area contributed by atoms with Gasteiger partial charge in [-0.1, -0.05) is 42.2 Å². The lowest BCUT2D eigenvalue weighted by Gasteiger charge is -2.42. The van der Waals surface area contributed by atoms with Crippen LogP contribution in [0, 0.1) is 5.92 Å². The number of thiazole rings is 1. The summed E-state index contributed by atoms with van der Waals surface area (Å²) < 4.78 is 0. The normalized spacial score (nSPS) is 27.2. The molecule has 3 fully saturated rings. The quantitative estimate of drug-likeness (QED) is 0.724. The summed E-state index contributed by atoms with van der Waals surface area (Å²) in [6.07, 6.45) is 9.74. The van der Waals surface area contributed by atoms with Gasteiger partial charge in [-0.05, 0) is 44.2 Å². The molecular weight excluding hydrogens is 396 g/mol. The molecule has 1 aliphatic carbocycles. The molecule has 2 saturated heterocycles. The van der Waals surface area contributed by atoms with Gasteiger partial charge in [-0.3, -0.25) is 4.90 Å². The highest BCUT2D eigenvalue weighted by Gasteiger charge is 2.41. The van der Waals surface area contributed by atoms with Crippen molar-refractivity contribution >= 4 is 44.4 Å². The van der Waals surface area contributed by atoms with Crippen LogP contribution in [0.5, 0.6) is 0 Å². The van der Waals surface area contributed by atoms with E-state index in [4.69, 9.17) is 17.3 Å². The van der Waals surface area contributed by atoms with Crippen LogP contribution in [0.4, 0.5) is 10.1 Å². The predicted molar refractivity (Wildman–Crippen MR) is 117 cm³/mol. The predicted octanol–water partition coefficient (Wildman–Crippen LogP) is 5.34. The molecule has 146 valence electrons. The maximum atomic E-state index is 6.15. The van der Waals surface area contributed by atoms with Gasteiger partial charge in [-0.25, -0.2) is 4.98 Å². The molecule has 0 aromatic carbocycles. The van der Waals surface area contributed by atoms with E-state index in [0.29, 0.717) is 5.13 Å². The van der Waals surface area contributed by atoms with Crippen LogP contribution >= 0.6 is 34.3 Å². The molecule has 0 bridgehead atoms. The molecule has 1 saturated carbocycles. The van der Waals surface area contributed by atoms with Crippen molar-refractivity contribution in [3.8, 4) is 10.6 Å². The van der Waals surface area contributed by atoms with E-state index in [9.17, 15) is 0 Å². The van der Waals surface area contributed by atoms with Crippen molar-refractivity contribution in [2.45, 2.75) is 57.0 Å². The number of anilines is 2. The molecule has 2 unspecified atom stereocenters. The standard InChI is InChI=1S/C20H27ClN4S2/c21-14-10-17(26-12-14)18-19(27-20(22)23-18)24-8-7-16-13(11-24)6-9-25(16)15-4-2-1-3-5-15/h10,12-13,15-16H,1-9,11H2,(H2,22,23). The Morgan fingerprint density at radius 2 is 1.96 bits per heavy atom. The topological polar surface area (TPSA) is 45.4 Å². The molecule has 2 aromatic heterocycles. The lowest BCUT2D eigenvalue weighted by molar-refractivity contribution is 0.116. The molecule has 2 aliphatic heterocycles. The van der Waals surface area contributed by atoms with Gasteiger partial charge in [0.15, 0.2) is 5.13 Å². The Bertz CT molecular complexity index is 798. The SMILES string of the molecule is Nc1nc(-c2cc(Cl)cs2)c(N2CCC3C(CCN3C3CCCCC3)C2)s1. The lowest BCUT2D eigenvalue weighted by Crippen LogP contribution is -2.49. The summed E-state index contributed by atoms with van der Waals surface area (Å²) in [6, 6.07) is 3.65. The first-order valence-electron chi connectivity index (χ1n) is 10.2. The number of rotatable bonds is 3. The van der Waals surface area contributed by atoms with E-state index >= 15 is 0 Å². The Balaban J connectivity index is 1.33.